The van der Waals surface area contributed by atoms with Crippen molar-refractivity contribution in [2.45, 2.75) is 40.0 Å². The largest absolute Gasteiger partial charge is 0.478 e. The van der Waals surface area contributed by atoms with Crippen molar-refractivity contribution in [3.8, 4) is 0 Å². The summed E-state index contributed by atoms with van der Waals surface area (Å²) in [5.41, 5.74) is 3.04. The fourth-order valence-electron chi connectivity index (χ4n) is 1.67. The maximum atomic E-state index is 10.9. The van der Waals surface area contributed by atoms with Crippen molar-refractivity contribution in [3.63, 3.8) is 0 Å². The first kappa shape index (κ1) is 11.7. The lowest BCUT2D eigenvalue weighted by Crippen LogP contribution is -2.07. The summed E-state index contributed by atoms with van der Waals surface area (Å²) >= 11 is 0. The monoisotopic (exact) mass is 207 g/mol. The highest BCUT2D eigenvalue weighted by Gasteiger charge is 2.12. The van der Waals surface area contributed by atoms with Gasteiger partial charge in [-0.05, 0) is 31.4 Å². The molecule has 0 aliphatic rings. The minimum atomic E-state index is -0.891. The van der Waals surface area contributed by atoms with Crippen molar-refractivity contribution in [2.24, 2.45) is 0 Å². The summed E-state index contributed by atoms with van der Waals surface area (Å²) in [6.45, 7) is 5.88. The lowest BCUT2D eigenvalue weighted by molar-refractivity contribution is 0.0695. The first-order valence-electron chi connectivity index (χ1n) is 5.32. The molecule has 15 heavy (non-hydrogen) atoms. The van der Waals surface area contributed by atoms with Gasteiger partial charge >= 0.3 is 5.97 Å². The molecule has 1 aromatic rings. The molecule has 1 N–H and O–H groups in total. The van der Waals surface area contributed by atoms with Crippen LogP contribution in [0, 0.1) is 6.92 Å². The van der Waals surface area contributed by atoms with Crippen LogP contribution in [0.25, 0.3) is 0 Å². The molecule has 0 aromatic carbocycles. The van der Waals surface area contributed by atoms with Gasteiger partial charge in [-0.2, -0.15) is 0 Å². The van der Waals surface area contributed by atoms with Gasteiger partial charge in [-0.1, -0.05) is 20.3 Å². The van der Waals surface area contributed by atoms with E-state index >= 15 is 0 Å². The van der Waals surface area contributed by atoms with Gasteiger partial charge < -0.3 is 5.11 Å². The summed E-state index contributed by atoms with van der Waals surface area (Å²) in [7, 11) is 0. The van der Waals surface area contributed by atoms with E-state index in [0.29, 0.717) is 11.3 Å². The van der Waals surface area contributed by atoms with Gasteiger partial charge in [0.25, 0.3) is 0 Å². The summed E-state index contributed by atoms with van der Waals surface area (Å²) in [6, 6.07) is 1.76. The third kappa shape index (κ3) is 2.55. The Bertz CT molecular complexity index is 372. The molecule has 0 radical (unpaired) electrons. The molecule has 0 spiro atoms. The molecule has 82 valence electrons. The Hall–Kier alpha value is -1.38. The van der Waals surface area contributed by atoms with Crippen LogP contribution in [0.3, 0.4) is 0 Å². The van der Waals surface area contributed by atoms with Gasteiger partial charge in [-0.3, -0.25) is 4.98 Å². The van der Waals surface area contributed by atoms with Gasteiger partial charge in [-0.15, -0.1) is 0 Å². The highest BCUT2D eigenvalue weighted by atomic mass is 16.4. The zero-order valence-corrected chi connectivity index (χ0v) is 9.50. The number of aromatic carboxylic acids is 1. The predicted octanol–water partition coefficient (Wildman–Crippen LogP) is 2.60. The van der Waals surface area contributed by atoms with Gasteiger partial charge in [0.1, 0.15) is 0 Å². The van der Waals surface area contributed by atoms with Crippen LogP contribution in [0.4, 0.5) is 0 Å². The summed E-state index contributed by atoms with van der Waals surface area (Å²) < 4.78 is 0. The average Bonchev–Trinajstić information content (AvgIpc) is 2.18. The Labute approximate surface area is 90.2 Å². The van der Waals surface area contributed by atoms with E-state index in [1.54, 1.807) is 13.0 Å². The van der Waals surface area contributed by atoms with Gasteiger partial charge in [0.2, 0.25) is 0 Å². The molecule has 0 unspecified atom stereocenters. The molecular weight excluding hydrogens is 190 g/mol. The molecule has 0 amide bonds. The Morgan fingerprint density at radius 2 is 2.13 bits per heavy atom. The third-order valence-electron chi connectivity index (χ3n) is 2.48. The van der Waals surface area contributed by atoms with Crippen molar-refractivity contribution < 1.29 is 9.90 Å². The number of rotatable bonds is 4. The normalized spacial score (nSPS) is 10.3. The summed E-state index contributed by atoms with van der Waals surface area (Å²) in [5.74, 6) is -0.891. The van der Waals surface area contributed by atoms with Crippen molar-refractivity contribution in [1.82, 2.24) is 4.98 Å². The van der Waals surface area contributed by atoms with E-state index in [4.69, 9.17) is 5.11 Å². The molecule has 0 aliphatic carbocycles. The lowest BCUT2D eigenvalue weighted by Gasteiger charge is -2.09. The second kappa shape index (κ2) is 4.91. The molecule has 1 aromatic heterocycles. The van der Waals surface area contributed by atoms with Crippen molar-refractivity contribution >= 4 is 5.97 Å². The molecule has 0 saturated heterocycles. The number of hydrogen-bond donors (Lipinski definition) is 1. The Morgan fingerprint density at radius 3 is 2.60 bits per heavy atom. The third-order valence-corrected chi connectivity index (χ3v) is 2.48. The number of aryl methyl sites for hydroxylation is 3. The number of aromatic nitrogens is 1. The Balaban J connectivity index is 3.22. The van der Waals surface area contributed by atoms with Crippen LogP contribution >= 0.6 is 0 Å². The summed E-state index contributed by atoms with van der Waals surface area (Å²) in [5, 5.41) is 8.97. The second-order valence-electron chi connectivity index (χ2n) is 3.64. The average molecular weight is 207 g/mol. The maximum absolute atomic E-state index is 10.9. The Morgan fingerprint density at radius 1 is 1.47 bits per heavy atom. The van der Waals surface area contributed by atoms with Gasteiger partial charge in [0.15, 0.2) is 0 Å². The Kier molecular flexibility index (Phi) is 3.83. The molecule has 0 bridgehead atoms. The molecular formula is C12H17NO2. The van der Waals surface area contributed by atoms with E-state index < -0.39 is 5.97 Å². The number of pyridine rings is 1. The maximum Gasteiger partial charge on any atom is 0.337 e. The fourth-order valence-corrected chi connectivity index (χ4v) is 1.67. The van der Waals surface area contributed by atoms with Crippen molar-refractivity contribution in [3.05, 3.63) is 28.6 Å². The lowest BCUT2D eigenvalue weighted by atomic mass is 10.0. The summed E-state index contributed by atoms with van der Waals surface area (Å²) in [4.78, 5) is 15.3. The SMILES string of the molecule is CCCc1nc(C)c(C(=O)O)cc1CC. The van der Waals surface area contributed by atoms with Crippen LogP contribution < -0.4 is 0 Å². The molecule has 0 aliphatic heterocycles. The topological polar surface area (TPSA) is 50.2 Å². The van der Waals surface area contributed by atoms with E-state index in [9.17, 15) is 4.79 Å². The zero-order valence-electron chi connectivity index (χ0n) is 9.50. The van der Waals surface area contributed by atoms with Crippen molar-refractivity contribution in [1.29, 1.82) is 0 Å². The molecule has 1 heterocycles. The number of nitrogens with zero attached hydrogens (tertiary/aromatic N) is 1. The van der Waals surface area contributed by atoms with E-state index in [2.05, 4.69) is 11.9 Å². The van der Waals surface area contributed by atoms with Crippen molar-refractivity contribution in [2.75, 3.05) is 0 Å². The van der Waals surface area contributed by atoms with E-state index in [1.165, 1.54) is 0 Å². The fraction of sp³-hybridized carbons (Fsp3) is 0.500. The number of hydrogen-bond acceptors (Lipinski definition) is 2. The smallest absolute Gasteiger partial charge is 0.337 e. The molecule has 1 rings (SSSR count). The number of carboxylic acids is 1. The van der Waals surface area contributed by atoms with Crippen LogP contribution in [-0.2, 0) is 12.8 Å². The molecule has 0 saturated carbocycles. The predicted molar refractivity (Wildman–Crippen MR) is 59.3 cm³/mol. The van der Waals surface area contributed by atoms with Gasteiger partial charge in [0.05, 0.1) is 11.3 Å². The zero-order chi connectivity index (χ0) is 11.4. The van der Waals surface area contributed by atoms with Crippen LogP contribution in [-0.4, -0.2) is 16.1 Å². The number of carboxylic acid groups (broad SMARTS) is 1. The second-order valence-corrected chi connectivity index (χ2v) is 3.64. The molecule has 3 heteroatoms. The summed E-state index contributed by atoms with van der Waals surface area (Å²) in [6.07, 6.45) is 2.79. The van der Waals surface area contributed by atoms with Crippen LogP contribution in [0.1, 0.15) is 47.6 Å². The standard InChI is InChI=1S/C12H17NO2/c1-4-6-11-9(5-2)7-10(12(14)15)8(3)13-11/h7H,4-6H2,1-3H3,(H,14,15). The van der Waals surface area contributed by atoms with Crippen LogP contribution in [0.5, 0.6) is 0 Å². The molecule has 0 fully saturated rings. The first-order valence-corrected chi connectivity index (χ1v) is 5.32. The van der Waals surface area contributed by atoms with Crippen LogP contribution in [0.15, 0.2) is 6.07 Å². The number of carbonyl (C=O) groups is 1. The van der Waals surface area contributed by atoms with E-state index in [0.717, 1.165) is 30.5 Å². The first-order chi connectivity index (χ1) is 7.10. The quantitative estimate of drug-likeness (QED) is 0.825. The minimum Gasteiger partial charge on any atom is -0.478 e. The van der Waals surface area contributed by atoms with Crippen LogP contribution in [0.2, 0.25) is 0 Å². The van der Waals surface area contributed by atoms with E-state index in [1.807, 2.05) is 6.92 Å². The minimum absolute atomic E-state index is 0.326. The van der Waals surface area contributed by atoms with E-state index in [-0.39, 0.29) is 0 Å². The molecule has 3 nitrogen and oxygen atoms in total. The van der Waals surface area contributed by atoms with Gasteiger partial charge in [0, 0.05) is 5.69 Å². The highest BCUT2D eigenvalue weighted by Crippen LogP contribution is 2.15. The van der Waals surface area contributed by atoms with Gasteiger partial charge in [-0.25, -0.2) is 4.79 Å². The molecule has 0 atom stereocenters. The highest BCUT2D eigenvalue weighted by molar-refractivity contribution is 5.89.